The van der Waals surface area contributed by atoms with Crippen molar-refractivity contribution in [3.8, 4) is 33.5 Å². The molecule has 0 radical (unpaired) electrons. The Morgan fingerprint density at radius 2 is 1.29 bits per heavy atom. The van der Waals surface area contributed by atoms with E-state index in [0.717, 1.165) is 48.9 Å². The van der Waals surface area contributed by atoms with Crippen molar-refractivity contribution < 1.29 is 4.79 Å². The molecule has 0 atom stereocenters. The molecule has 0 spiro atoms. The third-order valence-electron chi connectivity index (χ3n) is 5.57. The highest BCUT2D eigenvalue weighted by molar-refractivity contribution is 9.10. The minimum absolute atomic E-state index is 0.00408. The van der Waals surface area contributed by atoms with Gasteiger partial charge in [0.2, 0.25) is 5.91 Å². The second kappa shape index (κ2) is 8.01. The molecule has 150 valence electrons. The zero-order chi connectivity index (χ0) is 21.4. The van der Waals surface area contributed by atoms with Crippen LogP contribution in [-0.4, -0.2) is 10.5 Å². The van der Waals surface area contributed by atoms with Crippen molar-refractivity contribution in [1.29, 1.82) is 0 Å². The maximum absolute atomic E-state index is 13.1. The maximum atomic E-state index is 13.1. The molecule has 0 saturated carbocycles. The third kappa shape index (κ3) is 3.41. The van der Waals surface area contributed by atoms with Gasteiger partial charge < -0.3 is 0 Å². The standard InChI is InChI=1S/C28H20BrNO/c1-19(31)30-27(22-11-6-3-7-12-22)26(21-9-4-2-5-10-21)25-14-8-13-24(28(25)30)20-15-17-23(29)18-16-20/h2-18H,1H3. The van der Waals surface area contributed by atoms with Crippen LogP contribution in [0.2, 0.25) is 0 Å². The SMILES string of the molecule is CC(=O)n1c(-c2ccccc2)c(-c2ccccc2)c2cccc(-c3ccc(Br)cc3)c21. The third-order valence-corrected chi connectivity index (χ3v) is 6.10. The lowest BCUT2D eigenvalue weighted by atomic mass is 9.96. The molecule has 4 aromatic carbocycles. The van der Waals surface area contributed by atoms with Crippen LogP contribution in [0.5, 0.6) is 0 Å². The molecule has 0 amide bonds. The Morgan fingerprint density at radius 3 is 1.90 bits per heavy atom. The van der Waals surface area contributed by atoms with Gasteiger partial charge in [0.1, 0.15) is 0 Å². The summed E-state index contributed by atoms with van der Waals surface area (Å²) in [5.74, 6) is -0.00408. The van der Waals surface area contributed by atoms with Crippen molar-refractivity contribution >= 4 is 32.7 Å². The number of hydrogen-bond donors (Lipinski definition) is 0. The smallest absolute Gasteiger partial charge is 0.228 e. The molecule has 5 aromatic rings. The van der Waals surface area contributed by atoms with E-state index in [9.17, 15) is 4.79 Å². The number of benzene rings is 4. The monoisotopic (exact) mass is 465 g/mol. The number of rotatable bonds is 3. The molecule has 31 heavy (non-hydrogen) atoms. The number of halogens is 1. The molecule has 2 nitrogen and oxygen atoms in total. The van der Waals surface area contributed by atoms with Gasteiger partial charge in [-0.25, -0.2) is 0 Å². The Labute approximate surface area is 189 Å². The van der Waals surface area contributed by atoms with Crippen molar-refractivity contribution in [3.63, 3.8) is 0 Å². The van der Waals surface area contributed by atoms with Crippen molar-refractivity contribution in [2.24, 2.45) is 0 Å². The summed E-state index contributed by atoms with van der Waals surface area (Å²) in [5, 5.41) is 1.07. The van der Waals surface area contributed by atoms with Gasteiger partial charge in [0, 0.05) is 27.9 Å². The van der Waals surface area contributed by atoms with Gasteiger partial charge in [-0.2, -0.15) is 0 Å². The van der Waals surface area contributed by atoms with Gasteiger partial charge in [0.05, 0.1) is 11.2 Å². The van der Waals surface area contributed by atoms with Crippen LogP contribution in [0.4, 0.5) is 0 Å². The highest BCUT2D eigenvalue weighted by Crippen LogP contribution is 2.44. The average molecular weight is 466 g/mol. The lowest BCUT2D eigenvalue weighted by Crippen LogP contribution is -2.08. The van der Waals surface area contributed by atoms with Gasteiger partial charge in [0.15, 0.2) is 0 Å². The minimum atomic E-state index is -0.00408. The molecule has 0 fully saturated rings. The van der Waals surface area contributed by atoms with Crippen molar-refractivity contribution in [1.82, 2.24) is 4.57 Å². The summed E-state index contributed by atoms with van der Waals surface area (Å²) in [6.45, 7) is 1.64. The van der Waals surface area contributed by atoms with Crippen molar-refractivity contribution in [2.45, 2.75) is 6.92 Å². The lowest BCUT2D eigenvalue weighted by Gasteiger charge is -2.11. The Kier molecular flexibility index (Phi) is 5.05. The molecule has 0 unspecified atom stereocenters. The molecule has 3 heteroatoms. The summed E-state index contributed by atoms with van der Waals surface area (Å²) in [5.41, 5.74) is 7.19. The number of para-hydroxylation sites is 1. The minimum Gasteiger partial charge on any atom is -0.279 e. The molecule has 0 aliphatic heterocycles. The summed E-state index contributed by atoms with van der Waals surface area (Å²) in [7, 11) is 0. The number of carbonyl (C=O) groups excluding carboxylic acids is 1. The lowest BCUT2D eigenvalue weighted by molar-refractivity contribution is 0.0943. The molecule has 0 aliphatic carbocycles. The quantitative estimate of drug-likeness (QED) is 0.264. The Bertz CT molecular complexity index is 1380. The summed E-state index contributed by atoms with van der Waals surface area (Å²) in [4.78, 5) is 13.1. The van der Waals surface area contributed by atoms with E-state index in [4.69, 9.17) is 0 Å². The number of hydrogen-bond acceptors (Lipinski definition) is 1. The topological polar surface area (TPSA) is 22.0 Å². The molecule has 0 N–H and O–H groups in total. The van der Waals surface area contributed by atoms with Gasteiger partial charge in [-0.15, -0.1) is 0 Å². The van der Waals surface area contributed by atoms with Crippen molar-refractivity contribution in [3.05, 3.63) is 108 Å². The van der Waals surface area contributed by atoms with E-state index in [2.05, 4.69) is 70.5 Å². The van der Waals surface area contributed by atoms with E-state index in [1.807, 2.05) is 53.1 Å². The number of nitrogens with zero attached hydrogens (tertiary/aromatic N) is 1. The van der Waals surface area contributed by atoms with Crippen LogP contribution in [0.1, 0.15) is 11.7 Å². The summed E-state index contributed by atoms with van der Waals surface area (Å²) in [6.07, 6.45) is 0. The highest BCUT2D eigenvalue weighted by Gasteiger charge is 2.24. The second-order valence-electron chi connectivity index (χ2n) is 7.52. The first-order valence-electron chi connectivity index (χ1n) is 10.2. The van der Waals surface area contributed by atoms with E-state index < -0.39 is 0 Å². The average Bonchev–Trinajstić information content (AvgIpc) is 3.16. The molecular formula is C28H20BrNO. The van der Waals surface area contributed by atoms with Crippen LogP contribution >= 0.6 is 15.9 Å². The molecule has 5 rings (SSSR count). The first-order chi connectivity index (χ1) is 15.1. The van der Waals surface area contributed by atoms with E-state index >= 15 is 0 Å². The van der Waals surface area contributed by atoms with Gasteiger partial charge in [-0.1, -0.05) is 107 Å². The van der Waals surface area contributed by atoms with E-state index in [0.29, 0.717) is 0 Å². The zero-order valence-corrected chi connectivity index (χ0v) is 18.6. The van der Waals surface area contributed by atoms with Gasteiger partial charge in [0.25, 0.3) is 0 Å². The van der Waals surface area contributed by atoms with E-state index in [-0.39, 0.29) is 5.91 Å². The largest absolute Gasteiger partial charge is 0.279 e. The van der Waals surface area contributed by atoms with Crippen LogP contribution in [0, 0.1) is 0 Å². The predicted molar refractivity (Wildman–Crippen MR) is 132 cm³/mol. The van der Waals surface area contributed by atoms with Crippen LogP contribution < -0.4 is 0 Å². The Morgan fingerprint density at radius 1 is 0.677 bits per heavy atom. The summed E-state index contributed by atoms with van der Waals surface area (Å²) < 4.78 is 2.91. The first-order valence-corrected chi connectivity index (χ1v) is 11.0. The normalized spacial score (nSPS) is 11.0. The van der Waals surface area contributed by atoms with Crippen LogP contribution in [0.3, 0.4) is 0 Å². The Hall–Kier alpha value is -3.43. The van der Waals surface area contributed by atoms with Crippen LogP contribution in [0.25, 0.3) is 44.4 Å². The molecule has 0 aliphatic rings. The first kappa shape index (κ1) is 19.5. The number of aromatic nitrogens is 1. The van der Waals surface area contributed by atoms with E-state index in [1.54, 1.807) is 6.92 Å². The predicted octanol–water partition coefficient (Wildman–Crippen LogP) is 8.06. The molecule has 1 heterocycles. The maximum Gasteiger partial charge on any atom is 0.228 e. The fraction of sp³-hybridized carbons (Fsp3) is 0.0357. The zero-order valence-electron chi connectivity index (χ0n) is 17.0. The number of carbonyl (C=O) groups is 1. The van der Waals surface area contributed by atoms with Crippen LogP contribution in [0.15, 0.2) is 108 Å². The Balaban J connectivity index is 1.96. The van der Waals surface area contributed by atoms with Gasteiger partial charge >= 0.3 is 0 Å². The van der Waals surface area contributed by atoms with Gasteiger partial charge in [-0.3, -0.25) is 9.36 Å². The summed E-state index contributed by atoms with van der Waals surface area (Å²) in [6, 6.07) is 35.0. The molecular weight excluding hydrogens is 446 g/mol. The van der Waals surface area contributed by atoms with Crippen molar-refractivity contribution in [2.75, 3.05) is 0 Å². The molecule has 0 saturated heterocycles. The molecule has 1 aromatic heterocycles. The number of fused-ring (bicyclic) bond motifs is 1. The molecule has 0 bridgehead atoms. The highest BCUT2D eigenvalue weighted by atomic mass is 79.9. The van der Waals surface area contributed by atoms with Gasteiger partial charge in [-0.05, 0) is 28.8 Å². The van der Waals surface area contributed by atoms with E-state index in [1.165, 1.54) is 0 Å². The fourth-order valence-corrected chi connectivity index (χ4v) is 4.55. The van der Waals surface area contributed by atoms with Crippen LogP contribution in [-0.2, 0) is 0 Å². The second-order valence-corrected chi connectivity index (χ2v) is 8.43. The fourth-order valence-electron chi connectivity index (χ4n) is 4.28. The summed E-state index contributed by atoms with van der Waals surface area (Å²) >= 11 is 3.52.